The van der Waals surface area contributed by atoms with E-state index in [1.807, 2.05) is 31.2 Å². The quantitative estimate of drug-likeness (QED) is 0.662. The number of oxazole rings is 1. The molecule has 0 bridgehead atoms. The molecule has 1 saturated heterocycles. The third kappa shape index (κ3) is 4.31. The van der Waals surface area contributed by atoms with Crippen LogP contribution < -0.4 is 10.5 Å². The molecular formula is C21H24N4O4S. The van der Waals surface area contributed by atoms with Gasteiger partial charge in [-0.15, -0.1) is 0 Å². The van der Waals surface area contributed by atoms with Gasteiger partial charge in [-0.3, -0.25) is 0 Å². The molecule has 30 heavy (non-hydrogen) atoms. The number of aromatic nitrogens is 1. The zero-order valence-corrected chi connectivity index (χ0v) is 17.4. The Morgan fingerprint density at radius 2 is 2.07 bits per heavy atom. The van der Waals surface area contributed by atoms with E-state index in [2.05, 4.69) is 10.3 Å². The molecule has 2 aromatic carbocycles. The first-order valence-corrected chi connectivity index (χ1v) is 11.4. The summed E-state index contributed by atoms with van der Waals surface area (Å²) >= 11 is 0. The first-order valence-electron chi connectivity index (χ1n) is 9.85. The third-order valence-electron chi connectivity index (χ3n) is 5.39. The first-order chi connectivity index (χ1) is 14.3. The molecule has 2 amide bonds. The van der Waals surface area contributed by atoms with E-state index in [1.165, 1.54) is 12.1 Å². The number of sulfonamides is 1. The Kier molecular flexibility index (Phi) is 5.48. The maximum Gasteiger partial charge on any atom is 0.317 e. The number of nitrogens with two attached hydrogens (primary N) is 1. The predicted octanol–water partition coefficient (Wildman–Crippen LogP) is 3.13. The van der Waals surface area contributed by atoms with E-state index in [1.54, 1.807) is 17.0 Å². The van der Waals surface area contributed by atoms with Crippen molar-refractivity contribution >= 4 is 27.2 Å². The fraction of sp³-hybridized carbons (Fsp3) is 0.333. The average Bonchev–Trinajstić information content (AvgIpc) is 3.17. The van der Waals surface area contributed by atoms with Crippen molar-refractivity contribution in [3.63, 3.8) is 0 Å². The predicted molar refractivity (Wildman–Crippen MR) is 112 cm³/mol. The van der Waals surface area contributed by atoms with Crippen LogP contribution in [0, 0.1) is 0 Å². The first kappa shape index (κ1) is 20.4. The summed E-state index contributed by atoms with van der Waals surface area (Å²) in [6, 6.07) is 13.3. The Morgan fingerprint density at radius 1 is 1.27 bits per heavy atom. The van der Waals surface area contributed by atoms with Gasteiger partial charge in [0.2, 0.25) is 10.0 Å². The molecular weight excluding hydrogens is 404 g/mol. The number of urea groups is 1. The van der Waals surface area contributed by atoms with Gasteiger partial charge in [-0.2, -0.15) is 0 Å². The van der Waals surface area contributed by atoms with Gasteiger partial charge in [0.05, 0.1) is 16.9 Å². The van der Waals surface area contributed by atoms with E-state index < -0.39 is 10.0 Å². The van der Waals surface area contributed by atoms with Crippen LogP contribution in [0.5, 0.6) is 0 Å². The van der Waals surface area contributed by atoms with E-state index >= 15 is 0 Å². The Balaban J connectivity index is 1.44. The zero-order chi connectivity index (χ0) is 21.3. The fourth-order valence-electron chi connectivity index (χ4n) is 3.75. The van der Waals surface area contributed by atoms with Crippen molar-refractivity contribution in [1.82, 2.24) is 15.2 Å². The summed E-state index contributed by atoms with van der Waals surface area (Å²) in [6.07, 6.45) is 1.76. The SMILES string of the molecule is CC(NC(=O)N1CCCC(c2nc3ccccc3o2)C1)c1cccc(S(N)(=O)=O)c1. The smallest absolute Gasteiger partial charge is 0.317 e. The van der Waals surface area contributed by atoms with Crippen LogP contribution in [-0.4, -0.2) is 37.4 Å². The van der Waals surface area contributed by atoms with Crippen LogP contribution in [0.3, 0.4) is 0 Å². The average molecular weight is 429 g/mol. The summed E-state index contributed by atoms with van der Waals surface area (Å²) in [7, 11) is -3.80. The van der Waals surface area contributed by atoms with Crippen LogP contribution in [0.4, 0.5) is 4.79 Å². The van der Waals surface area contributed by atoms with Crippen LogP contribution >= 0.6 is 0 Å². The van der Waals surface area contributed by atoms with Crippen molar-refractivity contribution in [2.45, 2.75) is 36.6 Å². The van der Waals surface area contributed by atoms with Crippen molar-refractivity contribution in [3.05, 3.63) is 60.0 Å². The highest BCUT2D eigenvalue weighted by Crippen LogP contribution is 2.29. The van der Waals surface area contributed by atoms with E-state index in [0.717, 1.165) is 23.9 Å². The lowest BCUT2D eigenvalue weighted by Crippen LogP contribution is -2.45. The summed E-state index contributed by atoms with van der Waals surface area (Å²) in [4.78, 5) is 19.2. The van der Waals surface area contributed by atoms with Gasteiger partial charge in [0, 0.05) is 13.1 Å². The monoisotopic (exact) mass is 428 g/mol. The Bertz CT molecular complexity index is 1140. The van der Waals surface area contributed by atoms with E-state index in [4.69, 9.17) is 9.56 Å². The largest absolute Gasteiger partial charge is 0.440 e. The molecule has 1 aliphatic rings. The molecule has 0 aliphatic carbocycles. The Hall–Kier alpha value is -2.91. The molecule has 4 rings (SSSR count). The van der Waals surface area contributed by atoms with E-state index in [9.17, 15) is 13.2 Å². The lowest BCUT2D eigenvalue weighted by molar-refractivity contribution is 0.172. The summed E-state index contributed by atoms with van der Waals surface area (Å²) in [5, 5.41) is 8.15. The molecule has 0 spiro atoms. The van der Waals surface area contributed by atoms with Crippen molar-refractivity contribution < 1.29 is 17.6 Å². The van der Waals surface area contributed by atoms with Gasteiger partial charge in [0.25, 0.3) is 0 Å². The molecule has 9 heteroatoms. The third-order valence-corrected chi connectivity index (χ3v) is 6.31. The lowest BCUT2D eigenvalue weighted by Gasteiger charge is -2.32. The molecule has 0 saturated carbocycles. The number of hydrogen-bond acceptors (Lipinski definition) is 5. The van der Waals surface area contributed by atoms with Crippen LogP contribution in [0.1, 0.15) is 43.2 Å². The number of benzene rings is 2. The number of carbonyl (C=O) groups is 1. The topological polar surface area (TPSA) is 119 Å². The van der Waals surface area contributed by atoms with Crippen molar-refractivity contribution in [2.24, 2.45) is 5.14 Å². The number of fused-ring (bicyclic) bond motifs is 1. The summed E-state index contributed by atoms with van der Waals surface area (Å²) in [5.74, 6) is 0.695. The number of carbonyl (C=O) groups excluding carboxylic acids is 1. The second-order valence-corrected chi connectivity index (χ2v) is 9.16. The molecule has 1 fully saturated rings. The number of hydrogen-bond donors (Lipinski definition) is 2. The molecule has 1 aliphatic heterocycles. The number of nitrogens with zero attached hydrogens (tertiary/aromatic N) is 2. The van der Waals surface area contributed by atoms with Crippen molar-refractivity contribution in [2.75, 3.05) is 13.1 Å². The standard InChI is InChI=1S/C21H24N4O4S/c1-14(15-6-4-8-17(12-15)30(22,27)28)23-21(26)25-11-5-7-16(13-25)20-24-18-9-2-3-10-19(18)29-20/h2-4,6,8-10,12,14,16H,5,7,11,13H2,1H3,(H,23,26)(H2,22,27,28). The van der Waals surface area contributed by atoms with Crippen molar-refractivity contribution in [1.29, 1.82) is 0 Å². The van der Waals surface area contributed by atoms with Crippen LogP contribution in [-0.2, 0) is 10.0 Å². The van der Waals surface area contributed by atoms with Gasteiger partial charge in [-0.1, -0.05) is 24.3 Å². The van der Waals surface area contributed by atoms with Crippen molar-refractivity contribution in [3.8, 4) is 0 Å². The molecule has 3 aromatic rings. The highest BCUT2D eigenvalue weighted by Gasteiger charge is 2.28. The molecule has 8 nitrogen and oxygen atoms in total. The van der Waals surface area contributed by atoms with E-state index in [-0.39, 0.29) is 22.9 Å². The van der Waals surface area contributed by atoms with Gasteiger partial charge in [0.1, 0.15) is 5.52 Å². The van der Waals surface area contributed by atoms with Crippen LogP contribution in [0.25, 0.3) is 11.1 Å². The number of piperidine rings is 1. The van der Waals surface area contributed by atoms with Gasteiger partial charge in [-0.25, -0.2) is 23.3 Å². The Morgan fingerprint density at radius 3 is 2.83 bits per heavy atom. The second-order valence-electron chi connectivity index (χ2n) is 7.59. The maximum absolute atomic E-state index is 12.8. The van der Waals surface area contributed by atoms with Gasteiger partial charge in [0.15, 0.2) is 11.5 Å². The normalized spacial score (nSPS) is 18.3. The number of para-hydroxylation sites is 2. The number of rotatable bonds is 4. The summed E-state index contributed by atoms with van der Waals surface area (Å²) in [5.41, 5.74) is 2.23. The highest BCUT2D eigenvalue weighted by atomic mass is 32.2. The number of likely N-dealkylation sites (tertiary alicyclic amines) is 1. The minimum Gasteiger partial charge on any atom is -0.440 e. The number of nitrogens with one attached hydrogen (secondary N) is 1. The highest BCUT2D eigenvalue weighted by molar-refractivity contribution is 7.89. The summed E-state index contributed by atoms with van der Waals surface area (Å²) < 4.78 is 29.1. The minimum absolute atomic E-state index is 0.0232. The molecule has 158 valence electrons. The number of primary sulfonamides is 1. The molecule has 3 N–H and O–H groups in total. The minimum atomic E-state index is -3.80. The fourth-order valence-corrected chi connectivity index (χ4v) is 4.32. The molecule has 2 unspecified atom stereocenters. The molecule has 0 radical (unpaired) electrons. The van der Waals surface area contributed by atoms with Crippen LogP contribution in [0.15, 0.2) is 57.8 Å². The molecule has 1 aromatic heterocycles. The Labute approximate surface area is 175 Å². The maximum atomic E-state index is 12.8. The van der Waals surface area contributed by atoms with E-state index in [0.29, 0.717) is 24.5 Å². The number of amides is 2. The van der Waals surface area contributed by atoms with Gasteiger partial charge < -0.3 is 14.6 Å². The molecule has 2 atom stereocenters. The second kappa shape index (κ2) is 8.08. The summed E-state index contributed by atoms with van der Waals surface area (Å²) in [6.45, 7) is 2.97. The van der Waals surface area contributed by atoms with Gasteiger partial charge >= 0.3 is 6.03 Å². The molecule has 2 heterocycles. The van der Waals surface area contributed by atoms with Crippen LogP contribution in [0.2, 0.25) is 0 Å². The van der Waals surface area contributed by atoms with Gasteiger partial charge in [-0.05, 0) is 49.6 Å². The lowest BCUT2D eigenvalue weighted by atomic mass is 9.98. The zero-order valence-electron chi connectivity index (χ0n) is 16.6.